The number of hydrogen-bond acceptors (Lipinski definition) is 3. The van der Waals surface area contributed by atoms with E-state index in [4.69, 9.17) is 4.74 Å². The lowest BCUT2D eigenvalue weighted by Gasteiger charge is -2.29. The molecule has 0 unspecified atom stereocenters. The standard InChI is InChI=1S/C22H28N2O2/c1-22(2,19-14-7-8-15-23-19)24-21(25)20-17(12-9-13-18(20)26-3)16-10-5-4-6-11-16/h7-9,12-16H,4-6,10-11H2,1-3H3,(H,24,25). The molecule has 3 rings (SSSR count). The number of ether oxygens (including phenoxy) is 1. The van der Waals surface area contributed by atoms with Crippen LogP contribution in [0.5, 0.6) is 5.75 Å². The highest BCUT2D eigenvalue weighted by atomic mass is 16.5. The van der Waals surface area contributed by atoms with Gasteiger partial charge in [0.2, 0.25) is 0 Å². The third-order valence-corrected chi connectivity index (χ3v) is 5.28. The zero-order chi connectivity index (χ0) is 18.6. The van der Waals surface area contributed by atoms with Crippen LogP contribution < -0.4 is 10.1 Å². The summed E-state index contributed by atoms with van der Waals surface area (Å²) in [5.74, 6) is 0.971. The molecule has 4 heteroatoms. The molecule has 0 saturated heterocycles. The number of pyridine rings is 1. The number of rotatable bonds is 5. The van der Waals surface area contributed by atoms with Crippen LogP contribution in [0.1, 0.15) is 73.5 Å². The second-order valence-electron chi connectivity index (χ2n) is 7.55. The number of nitrogens with zero attached hydrogens (tertiary/aromatic N) is 1. The first kappa shape index (κ1) is 18.4. The van der Waals surface area contributed by atoms with Crippen molar-refractivity contribution in [3.05, 3.63) is 59.4 Å². The van der Waals surface area contributed by atoms with Crippen molar-refractivity contribution in [3.63, 3.8) is 0 Å². The Hall–Kier alpha value is -2.36. The first-order valence-corrected chi connectivity index (χ1v) is 9.44. The van der Waals surface area contributed by atoms with Gasteiger partial charge >= 0.3 is 0 Å². The number of amides is 1. The van der Waals surface area contributed by atoms with Crippen LogP contribution in [0.3, 0.4) is 0 Å². The summed E-state index contributed by atoms with van der Waals surface area (Å²) in [6.07, 6.45) is 7.76. The lowest BCUT2D eigenvalue weighted by atomic mass is 9.81. The minimum atomic E-state index is -0.566. The van der Waals surface area contributed by atoms with Crippen molar-refractivity contribution in [1.29, 1.82) is 0 Å². The number of aromatic nitrogens is 1. The second-order valence-corrected chi connectivity index (χ2v) is 7.55. The summed E-state index contributed by atoms with van der Waals surface area (Å²) in [6.45, 7) is 3.95. The van der Waals surface area contributed by atoms with Crippen LogP contribution in [0.25, 0.3) is 0 Å². The minimum Gasteiger partial charge on any atom is -0.496 e. The lowest BCUT2D eigenvalue weighted by molar-refractivity contribution is 0.0905. The predicted octanol–water partition coefficient (Wildman–Crippen LogP) is 4.80. The summed E-state index contributed by atoms with van der Waals surface area (Å²) in [6, 6.07) is 11.7. The zero-order valence-corrected chi connectivity index (χ0v) is 15.9. The predicted molar refractivity (Wildman–Crippen MR) is 104 cm³/mol. The van der Waals surface area contributed by atoms with Crippen LogP contribution in [0.4, 0.5) is 0 Å². The quantitative estimate of drug-likeness (QED) is 0.841. The first-order valence-electron chi connectivity index (χ1n) is 9.44. The Morgan fingerprint density at radius 1 is 1.12 bits per heavy atom. The van der Waals surface area contributed by atoms with Gasteiger partial charge in [-0.05, 0) is 56.4 Å². The van der Waals surface area contributed by atoms with Crippen LogP contribution in [0.15, 0.2) is 42.6 Å². The molecule has 1 aromatic heterocycles. The number of carbonyl (C=O) groups is 1. The molecule has 0 spiro atoms. The van der Waals surface area contributed by atoms with Crippen molar-refractivity contribution in [2.24, 2.45) is 0 Å². The van der Waals surface area contributed by atoms with Gasteiger partial charge in [0.25, 0.3) is 5.91 Å². The van der Waals surface area contributed by atoms with E-state index in [9.17, 15) is 4.79 Å². The fraction of sp³-hybridized carbons (Fsp3) is 0.455. The van der Waals surface area contributed by atoms with E-state index in [0.717, 1.165) is 24.1 Å². The molecule has 1 N–H and O–H groups in total. The van der Waals surface area contributed by atoms with Gasteiger partial charge in [-0.1, -0.05) is 37.5 Å². The normalized spacial score (nSPS) is 15.5. The number of benzene rings is 1. The molecular weight excluding hydrogens is 324 g/mol. The third kappa shape index (κ3) is 3.90. The van der Waals surface area contributed by atoms with E-state index in [1.807, 2.05) is 44.2 Å². The fourth-order valence-corrected chi connectivity index (χ4v) is 3.86. The summed E-state index contributed by atoms with van der Waals surface area (Å²) in [4.78, 5) is 17.7. The molecule has 1 amide bonds. The highest BCUT2D eigenvalue weighted by molar-refractivity contribution is 5.99. The maximum absolute atomic E-state index is 13.3. The first-order chi connectivity index (χ1) is 12.5. The van der Waals surface area contributed by atoms with E-state index in [1.54, 1.807) is 13.3 Å². The van der Waals surface area contributed by atoms with Crippen LogP contribution >= 0.6 is 0 Å². The molecule has 26 heavy (non-hydrogen) atoms. The minimum absolute atomic E-state index is 0.0984. The molecule has 1 aromatic carbocycles. The Morgan fingerprint density at radius 3 is 2.54 bits per heavy atom. The lowest BCUT2D eigenvalue weighted by Crippen LogP contribution is -2.42. The van der Waals surface area contributed by atoms with Gasteiger partial charge in [-0.15, -0.1) is 0 Å². The van der Waals surface area contributed by atoms with Crippen molar-refractivity contribution >= 4 is 5.91 Å². The van der Waals surface area contributed by atoms with Crippen molar-refractivity contribution in [2.45, 2.75) is 57.4 Å². The van der Waals surface area contributed by atoms with Gasteiger partial charge < -0.3 is 10.1 Å². The fourth-order valence-electron chi connectivity index (χ4n) is 3.86. The van der Waals surface area contributed by atoms with Gasteiger partial charge in [-0.2, -0.15) is 0 Å². The molecular formula is C22H28N2O2. The summed E-state index contributed by atoms with van der Waals surface area (Å²) < 4.78 is 5.54. The maximum Gasteiger partial charge on any atom is 0.256 e. The second kappa shape index (κ2) is 7.90. The Kier molecular flexibility index (Phi) is 5.60. The molecule has 1 aliphatic rings. The molecule has 0 bridgehead atoms. The van der Waals surface area contributed by atoms with E-state index in [1.165, 1.54) is 19.3 Å². The van der Waals surface area contributed by atoms with E-state index in [2.05, 4.69) is 16.4 Å². The van der Waals surface area contributed by atoms with Crippen LogP contribution in [0, 0.1) is 0 Å². The summed E-state index contributed by atoms with van der Waals surface area (Å²) in [5, 5.41) is 3.16. The average Bonchev–Trinajstić information content (AvgIpc) is 2.68. The van der Waals surface area contributed by atoms with E-state index < -0.39 is 5.54 Å². The smallest absolute Gasteiger partial charge is 0.256 e. The molecule has 1 fully saturated rings. The van der Waals surface area contributed by atoms with E-state index >= 15 is 0 Å². The molecule has 0 aliphatic heterocycles. The van der Waals surface area contributed by atoms with Crippen LogP contribution in [-0.4, -0.2) is 18.0 Å². The van der Waals surface area contributed by atoms with Gasteiger partial charge in [0.15, 0.2) is 0 Å². The average molecular weight is 352 g/mol. The number of methoxy groups -OCH3 is 1. The topological polar surface area (TPSA) is 51.2 Å². The molecule has 4 nitrogen and oxygen atoms in total. The van der Waals surface area contributed by atoms with Crippen molar-refractivity contribution in [3.8, 4) is 5.75 Å². The molecule has 2 aromatic rings. The Labute approximate surface area is 156 Å². The van der Waals surface area contributed by atoms with Crippen molar-refractivity contribution in [2.75, 3.05) is 7.11 Å². The number of nitrogens with one attached hydrogen (secondary N) is 1. The summed E-state index contributed by atoms with van der Waals surface area (Å²) in [7, 11) is 1.63. The van der Waals surface area contributed by atoms with Gasteiger partial charge in [-0.3, -0.25) is 9.78 Å². The van der Waals surface area contributed by atoms with Crippen molar-refractivity contribution < 1.29 is 9.53 Å². The maximum atomic E-state index is 13.3. The monoisotopic (exact) mass is 352 g/mol. The van der Waals surface area contributed by atoms with Gasteiger partial charge in [0, 0.05) is 6.20 Å². The highest BCUT2D eigenvalue weighted by Gasteiger charge is 2.29. The molecule has 0 radical (unpaired) electrons. The zero-order valence-electron chi connectivity index (χ0n) is 15.9. The molecule has 1 saturated carbocycles. The SMILES string of the molecule is COc1cccc(C2CCCCC2)c1C(=O)NC(C)(C)c1ccccn1. The highest BCUT2D eigenvalue weighted by Crippen LogP contribution is 2.37. The van der Waals surface area contributed by atoms with E-state index in [0.29, 0.717) is 17.2 Å². The van der Waals surface area contributed by atoms with Crippen LogP contribution in [-0.2, 0) is 5.54 Å². The largest absolute Gasteiger partial charge is 0.496 e. The van der Waals surface area contributed by atoms with Gasteiger partial charge in [0.1, 0.15) is 5.75 Å². The molecule has 1 aliphatic carbocycles. The number of hydrogen-bond donors (Lipinski definition) is 1. The Balaban J connectivity index is 1.93. The third-order valence-electron chi connectivity index (χ3n) is 5.28. The van der Waals surface area contributed by atoms with Gasteiger partial charge in [0.05, 0.1) is 23.9 Å². The number of carbonyl (C=O) groups excluding carboxylic acids is 1. The Morgan fingerprint density at radius 2 is 1.88 bits per heavy atom. The van der Waals surface area contributed by atoms with Crippen molar-refractivity contribution in [1.82, 2.24) is 10.3 Å². The van der Waals surface area contributed by atoms with Crippen LogP contribution in [0.2, 0.25) is 0 Å². The summed E-state index contributed by atoms with van der Waals surface area (Å²) in [5.41, 5.74) is 2.05. The Bertz CT molecular complexity index is 750. The molecule has 1 heterocycles. The van der Waals surface area contributed by atoms with E-state index in [-0.39, 0.29) is 5.91 Å². The van der Waals surface area contributed by atoms with Gasteiger partial charge in [-0.25, -0.2) is 0 Å². The summed E-state index contributed by atoms with van der Waals surface area (Å²) >= 11 is 0. The molecule has 138 valence electrons. The molecule has 0 atom stereocenters.